The van der Waals surface area contributed by atoms with Crippen LogP contribution in [0.4, 0.5) is 17.6 Å². The molecule has 6 heteroatoms. The maximum atomic E-state index is 12.9. The van der Waals surface area contributed by atoms with E-state index >= 15 is 0 Å². The topological polar surface area (TPSA) is 12.9 Å². The van der Waals surface area contributed by atoms with Gasteiger partial charge in [0.1, 0.15) is 5.82 Å². The maximum Gasteiger partial charge on any atom is 0.417 e. The molecule has 2 aromatic rings. The lowest BCUT2D eigenvalue weighted by atomic mass is 10.0. The average molecular weight is 367 g/mol. The molecule has 0 radical (unpaired) electrons. The number of benzene rings is 1. The van der Waals surface area contributed by atoms with Gasteiger partial charge in [-0.2, -0.15) is 13.2 Å². The molecule has 0 spiro atoms. The molecule has 94 valence electrons. The van der Waals surface area contributed by atoms with Crippen LogP contribution in [0, 0.1) is 9.39 Å². The molecule has 0 N–H and O–H groups in total. The van der Waals surface area contributed by atoms with Crippen LogP contribution >= 0.6 is 22.6 Å². The van der Waals surface area contributed by atoms with E-state index in [0.717, 1.165) is 18.3 Å². The number of aromatic nitrogens is 1. The van der Waals surface area contributed by atoms with E-state index in [0.29, 0.717) is 3.57 Å². The van der Waals surface area contributed by atoms with Crippen molar-refractivity contribution in [1.82, 2.24) is 4.98 Å². The highest BCUT2D eigenvalue weighted by Gasteiger charge is 2.34. The van der Waals surface area contributed by atoms with Crippen LogP contribution in [0.15, 0.2) is 36.5 Å². The van der Waals surface area contributed by atoms with E-state index < -0.39 is 17.6 Å². The fourth-order valence-corrected chi connectivity index (χ4v) is 2.28. The Morgan fingerprint density at radius 2 is 1.78 bits per heavy atom. The summed E-state index contributed by atoms with van der Waals surface area (Å²) in [5.74, 6) is -0.576. The van der Waals surface area contributed by atoms with Gasteiger partial charge in [-0.15, -0.1) is 0 Å². The molecule has 0 aliphatic rings. The van der Waals surface area contributed by atoms with Gasteiger partial charge in [-0.3, -0.25) is 4.98 Å². The van der Waals surface area contributed by atoms with Crippen LogP contribution < -0.4 is 0 Å². The molecule has 0 fully saturated rings. The summed E-state index contributed by atoms with van der Waals surface area (Å²) >= 11 is 1.76. The van der Waals surface area contributed by atoms with Crippen molar-refractivity contribution in [2.24, 2.45) is 0 Å². The van der Waals surface area contributed by atoms with Crippen LogP contribution in [-0.2, 0) is 6.18 Å². The third-order valence-corrected chi connectivity index (χ3v) is 3.12. The number of hydrogen-bond acceptors (Lipinski definition) is 1. The summed E-state index contributed by atoms with van der Waals surface area (Å²) in [6.07, 6.45) is -3.56. The van der Waals surface area contributed by atoms with Crippen molar-refractivity contribution in [2.45, 2.75) is 6.18 Å². The van der Waals surface area contributed by atoms with Crippen molar-refractivity contribution in [3.05, 3.63) is 51.5 Å². The molecule has 1 aromatic carbocycles. The SMILES string of the molecule is Fc1cnc(-c2ccccc2C(F)(F)F)c(I)c1. The number of hydrogen-bond donors (Lipinski definition) is 0. The van der Waals surface area contributed by atoms with E-state index in [1.165, 1.54) is 18.2 Å². The molecule has 0 unspecified atom stereocenters. The van der Waals surface area contributed by atoms with E-state index in [-0.39, 0.29) is 11.3 Å². The fraction of sp³-hybridized carbons (Fsp3) is 0.0833. The van der Waals surface area contributed by atoms with Crippen LogP contribution in [0.3, 0.4) is 0 Å². The first-order chi connectivity index (χ1) is 8.39. The second-order valence-corrected chi connectivity index (χ2v) is 4.69. The van der Waals surface area contributed by atoms with Crippen LogP contribution in [0.25, 0.3) is 11.3 Å². The lowest BCUT2D eigenvalue weighted by Gasteiger charge is -2.13. The van der Waals surface area contributed by atoms with Gasteiger partial charge in [0.25, 0.3) is 0 Å². The fourth-order valence-electron chi connectivity index (χ4n) is 1.55. The van der Waals surface area contributed by atoms with E-state index in [9.17, 15) is 17.6 Å². The molecule has 1 nitrogen and oxygen atoms in total. The molecule has 0 amide bonds. The zero-order chi connectivity index (χ0) is 13.3. The van der Waals surface area contributed by atoms with Crippen LogP contribution in [0.1, 0.15) is 5.56 Å². The molecule has 1 aromatic heterocycles. The van der Waals surface area contributed by atoms with Crippen molar-refractivity contribution in [3.63, 3.8) is 0 Å². The zero-order valence-corrected chi connectivity index (χ0v) is 11.0. The van der Waals surface area contributed by atoms with Gasteiger partial charge >= 0.3 is 6.18 Å². The maximum absolute atomic E-state index is 12.9. The molecule has 0 saturated carbocycles. The first kappa shape index (κ1) is 13.3. The van der Waals surface area contributed by atoms with Crippen molar-refractivity contribution < 1.29 is 17.6 Å². The summed E-state index contributed by atoms with van der Waals surface area (Å²) in [6.45, 7) is 0. The second kappa shape index (κ2) is 4.83. The Balaban J connectivity index is 2.64. The zero-order valence-electron chi connectivity index (χ0n) is 8.80. The van der Waals surface area contributed by atoms with E-state index in [4.69, 9.17) is 0 Å². The summed E-state index contributed by atoms with van der Waals surface area (Å²) in [4.78, 5) is 3.74. The molecule has 0 atom stereocenters. The highest BCUT2D eigenvalue weighted by Crippen LogP contribution is 2.37. The summed E-state index contributed by atoms with van der Waals surface area (Å²) in [6, 6.07) is 6.26. The Bertz CT molecular complexity index is 581. The van der Waals surface area contributed by atoms with Crippen LogP contribution in [0.2, 0.25) is 0 Å². The van der Waals surface area contributed by atoms with Crippen molar-refractivity contribution in [1.29, 1.82) is 0 Å². The van der Waals surface area contributed by atoms with Gasteiger partial charge in [-0.1, -0.05) is 18.2 Å². The third kappa shape index (κ3) is 2.63. The van der Waals surface area contributed by atoms with Crippen molar-refractivity contribution >= 4 is 22.6 Å². The molecule has 1 heterocycles. The molecule has 0 aliphatic carbocycles. The van der Waals surface area contributed by atoms with Crippen LogP contribution in [0.5, 0.6) is 0 Å². The second-order valence-electron chi connectivity index (χ2n) is 3.53. The summed E-state index contributed by atoms with van der Waals surface area (Å²) in [5.41, 5.74) is -0.693. The largest absolute Gasteiger partial charge is 0.417 e. The number of nitrogens with zero attached hydrogens (tertiary/aromatic N) is 1. The van der Waals surface area contributed by atoms with Gasteiger partial charge in [0.2, 0.25) is 0 Å². The predicted octanol–water partition coefficient (Wildman–Crippen LogP) is 4.51. The van der Waals surface area contributed by atoms with Crippen molar-refractivity contribution in [3.8, 4) is 11.3 Å². The van der Waals surface area contributed by atoms with Crippen molar-refractivity contribution in [2.75, 3.05) is 0 Å². The van der Waals surface area contributed by atoms with Gasteiger partial charge in [0.15, 0.2) is 0 Å². The first-order valence-electron chi connectivity index (χ1n) is 4.87. The van der Waals surface area contributed by atoms with E-state index in [2.05, 4.69) is 4.98 Å². The Kier molecular flexibility index (Phi) is 3.56. The molecule has 0 saturated heterocycles. The van der Waals surface area contributed by atoms with Gasteiger partial charge in [0, 0.05) is 9.13 Å². The normalized spacial score (nSPS) is 11.6. The van der Waals surface area contributed by atoms with Gasteiger partial charge in [-0.25, -0.2) is 4.39 Å². The monoisotopic (exact) mass is 367 g/mol. The first-order valence-corrected chi connectivity index (χ1v) is 5.95. The number of halogens is 5. The molecular weight excluding hydrogens is 361 g/mol. The molecular formula is C12H6F4IN. The summed E-state index contributed by atoms with van der Waals surface area (Å²) < 4.78 is 51.8. The number of alkyl halides is 3. The minimum absolute atomic E-state index is 0.0469. The summed E-state index contributed by atoms with van der Waals surface area (Å²) in [5, 5.41) is 0. The summed E-state index contributed by atoms with van der Waals surface area (Å²) in [7, 11) is 0. The average Bonchev–Trinajstić information content (AvgIpc) is 2.28. The highest BCUT2D eigenvalue weighted by atomic mass is 127. The van der Waals surface area contributed by atoms with Gasteiger partial charge in [0.05, 0.1) is 17.5 Å². The standard InChI is InChI=1S/C12H6F4IN/c13-7-5-10(17)11(18-6-7)8-3-1-2-4-9(8)12(14,15)16/h1-6H. The quantitative estimate of drug-likeness (QED) is 0.534. The Labute approximate surface area is 114 Å². The van der Waals surface area contributed by atoms with Gasteiger partial charge < -0.3 is 0 Å². The highest BCUT2D eigenvalue weighted by molar-refractivity contribution is 14.1. The lowest BCUT2D eigenvalue weighted by Crippen LogP contribution is -2.08. The molecule has 0 bridgehead atoms. The number of rotatable bonds is 1. The minimum atomic E-state index is -4.46. The minimum Gasteiger partial charge on any atom is -0.252 e. The predicted molar refractivity (Wildman–Crippen MR) is 67.4 cm³/mol. The Morgan fingerprint density at radius 3 is 2.39 bits per heavy atom. The lowest BCUT2D eigenvalue weighted by molar-refractivity contribution is -0.137. The van der Waals surface area contributed by atoms with Crippen LogP contribution in [-0.4, -0.2) is 4.98 Å². The van der Waals surface area contributed by atoms with E-state index in [1.54, 1.807) is 22.6 Å². The van der Waals surface area contributed by atoms with E-state index in [1.807, 2.05) is 0 Å². The molecule has 0 aliphatic heterocycles. The smallest absolute Gasteiger partial charge is 0.252 e. The molecule has 18 heavy (non-hydrogen) atoms. The van der Waals surface area contributed by atoms with Gasteiger partial charge in [-0.05, 0) is 34.7 Å². The third-order valence-electron chi connectivity index (χ3n) is 2.30. The Morgan fingerprint density at radius 1 is 1.11 bits per heavy atom. The molecule has 2 rings (SSSR count). The Hall–Kier alpha value is -1.18. The number of pyridine rings is 1.